The quantitative estimate of drug-likeness (QED) is 0.857. The zero-order chi connectivity index (χ0) is 17.1. The molecule has 0 spiro atoms. The van der Waals surface area contributed by atoms with Crippen LogP contribution in [0.3, 0.4) is 0 Å². The van der Waals surface area contributed by atoms with Crippen molar-refractivity contribution < 1.29 is 19.4 Å². The number of halogens is 1. The predicted octanol–water partition coefficient (Wildman–Crippen LogP) is 2.55. The lowest BCUT2D eigenvalue weighted by Gasteiger charge is -2.29. The number of ether oxygens (including phenoxy) is 1. The monoisotopic (exact) mass is 332 g/mol. The minimum Gasteiger partial charge on any atom is -0.481 e. The number of carbonyl (C=O) groups excluding carboxylic acids is 1. The second-order valence-electron chi connectivity index (χ2n) is 4.93. The molecule has 0 aromatic heterocycles. The third-order valence-electron chi connectivity index (χ3n) is 3.66. The number of nitriles is 1. The average molecular weight is 333 g/mol. The van der Waals surface area contributed by atoms with Crippen molar-refractivity contribution in [2.45, 2.75) is 12.8 Å². The molecule has 6 nitrogen and oxygen atoms in total. The summed E-state index contributed by atoms with van der Waals surface area (Å²) < 4.78 is 4.72. The van der Waals surface area contributed by atoms with E-state index in [0.29, 0.717) is 10.6 Å². The zero-order valence-electron chi connectivity index (χ0n) is 12.4. The fourth-order valence-corrected chi connectivity index (χ4v) is 2.92. The molecule has 0 saturated carbocycles. The van der Waals surface area contributed by atoms with E-state index in [1.807, 2.05) is 6.07 Å². The maximum atomic E-state index is 12.2. The largest absolute Gasteiger partial charge is 0.481 e. The number of carbonyl (C=O) groups is 2. The van der Waals surface area contributed by atoms with Gasteiger partial charge in [0.2, 0.25) is 0 Å². The van der Waals surface area contributed by atoms with Gasteiger partial charge < -0.3 is 9.84 Å². The van der Waals surface area contributed by atoms with Gasteiger partial charge in [0.05, 0.1) is 12.7 Å². The first-order valence-electron chi connectivity index (χ1n) is 6.67. The molecular formula is C16H13ClN2O4. The van der Waals surface area contributed by atoms with Gasteiger partial charge in [-0.2, -0.15) is 5.26 Å². The predicted molar refractivity (Wildman–Crippen MR) is 83.1 cm³/mol. The molecule has 1 aromatic rings. The number of benzene rings is 1. The van der Waals surface area contributed by atoms with E-state index >= 15 is 0 Å². The van der Waals surface area contributed by atoms with E-state index in [1.165, 1.54) is 6.92 Å². The van der Waals surface area contributed by atoms with Crippen LogP contribution < -0.4 is 0 Å². The number of carboxylic acids is 1. The van der Waals surface area contributed by atoms with Gasteiger partial charge in [-0.1, -0.05) is 29.8 Å². The fourth-order valence-electron chi connectivity index (χ4n) is 2.66. The summed E-state index contributed by atoms with van der Waals surface area (Å²) >= 11 is 6.19. The molecule has 7 heteroatoms. The summed E-state index contributed by atoms with van der Waals surface area (Å²) in [5.74, 6) is -4.01. The van der Waals surface area contributed by atoms with Gasteiger partial charge in [0, 0.05) is 16.7 Å². The number of aliphatic carboxylic acids is 1. The van der Waals surface area contributed by atoms with Crippen LogP contribution >= 0.6 is 11.6 Å². The van der Waals surface area contributed by atoms with Crippen molar-refractivity contribution in [1.82, 2.24) is 0 Å². The molecule has 1 aliphatic rings. The lowest BCUT2D eigenvalue weighted by Crippen LogP contribution is -2.35. The smallest absolute Gasteiger partial charge is 0.337 e. The van der Waals surface area contributed by atoms with Crippen molar-refractivity contribution in [3.8, 4) is 6.07 Å². The van der Waals surface area contributed by atoms with Gasteiger partial charge in [0.1, 0.15) is 12.0 Å². The molecule has 1 N–H and O–H groups in total. The molecular weight excluding hydrogens is 320 g/mol. The molecule has 0 aliphatic carbocycles. The summed E-state index contributed by atoms with van der Waals surface area (Å²) in [5, 5.41) is 19.2. The van der Waals surface area contributed by atoms with Gasteiger partial charge in [-0.3, -0.25) is 4.79 Å². The van der Waals surface area contributed by atoms with Crippen LogP contribution in [0.1, 0.15) is 18.4 Å². The van der Waals surface area contributed by atoms with E-state index in [-0.39, 0.29) is 17.0 Å². The molecule has 0 radical (unpaired) electrons. The Morgan fingerprint density at radius 1 is 1.39 bits per heavy atom. The van der Waals surface area contributed by atoms with Gasteiger partial charge in [0.15, 0.2) is 5.70 Å². The number of nitrogens with zero attached hydrogens (tertiary/aromatic N) is 2. The van der Waals surface area contributed by atoms with Crippen LogP contribution in [0.15, 0.2) is 40.5 Å². The number of rotatable bonds is 3. The molecule has 1 aromatic carbocycles. The third kappa shape index (κ3) is 2.96. The molecule has 2 atom stereocenters. The van der Waals surface area contributed by atoms with Crippen LogP contribution in [0.4, 0.5) is 0 Å². The lowest BCUT2D eigenvalue weighted by atomic mass is 9.75. The van der Waals surface area contributed by atoms with Crippen LogP contribution in [-0.2, 0) is 14.3 Å². The fraction of sp³-hybridized carbons (Fsp3) is 0.250. The highest BCUT2D eigenvalue weighted by Gasteiger charge is 2.43. The molecule has 2 unspecified atom stereocenters. The van der Waals surface area contributed by atoms with Gasteiger partial charge >= 0.3 is 11.9 Å². The SMILES string of the molecule is COC(=O)C1=C(C#N)N=C(C)C(C(=O)O)C1c1ccccc1Cl. The Hall–Kier alpha value is -2.65. The van der Waals surface area contributed by atoms with E-state index < -0.39 is 23.8 Å². The summed E-state index contributed by atoms with van der Waals surface area (Å²) in [6.07, 6.45) is 0. The van der Waals surface area contributed by atoms with Gasteiger partial charge in [-0.15, -0.1) is 0 Å². The van der Waals surface area contributed by atoms with Crippen molar-refractivity contribution in [2.75, 3.05) is 7.11 Å². The molecule has 1 heterocycles. The molecule has 0 amide bonds. The van der Waals surface area contributed by atoms with Crippen molar-refractivity contribution in [3.63, 3.8) is 0 Å². The highest BCUT2D eigenvalue weighted by molar-refractivity contribution is 6.31. The van der Waals surface area contributed by atoms with Crippen molar-refractivity contribution >= 4 is 29.3 Å². The number of hydrogen-bond donors (Lipinski definition) is 1. The number of methoxy groups -OCH3 is 1. The first-order valence-corrected chi connectivity index (χ1v) is 7.05. The Kier molecular flexibility index (Phi) is 4.82. The Labute approximate surface area is 137 Å². The van der Waals surface area contributed by atoms with Gasteiger partial charge in [0.25, 0.3) is 0 Å². The number of esters is 1. The summed E-state index contributed by atoms with van der Waals surface area (Å²) in [5.41, 5.74) is 0.411. The number of allylic oxidation sites excluding steroid dienone is 1. The van der Waals surface area contributed by atoms with Crippen LogP contribution in [0.2, 0.25) is 5.02 Å². The first-order chi connectivity index (χ1) is 10.9. The summed E-state index contributed by atoms with van der Waals surface area (Å²) in [7, 11) is 1.16. The van der Waals surface area contributed by atoms with Crippen molar-refractivity contribution in [2.24, 2.45) is 10.9 Å². The molecule has 0 saturated heterocycles. The van der Waals surface area contributed by atoms with Gasteiger partial charge in [-0.05, 0) is 18.6 Å². The van der Waals surface area contributed by atoms with Crippen LogP contribution in [0.25, 0.3) is 0 Å². The highest BCUT2D eigenvalue weighted by Crippen LogP contribution is 2.41. The average Bonchev–Trinajstić information content (AvgIpc) is 2.53. The number of carboxylic acid groups (broad SMARTS) is 1. The molecule has 23 heavy (non-hydrogen) atoms. The molecule has 0 bridgehead atoms. The normalized spacial score (nSPS) is 20.5. The standard InChI is InChI=1S/C16H13ClN2O4/c1-8-12(15(20)21)13(9-5-3-4-6-10(9)17)14(16(22)23-2)11(7-18)19-8/h3-6,12-13H,1-2H3,(H,20,21). The van der Waals surface area contributed by atoms with Crippen molar-refractivity contribution in [1.29, 1.82) is 5.26 Å². The minimum atomic E-state index is -1.16. The summed E-state index contributed by atoms with van der Waals surface area (Å²) in [4.78, 5) is 27.9. The van der Waals surface area contributed by atoms with E-state index in [0.717, 1.165) is 7.11 Å². The molecule has 0 fully saturated rings. The van der Waals surface area contributed by atoms with Gasteiger partial charge in [-0.25, -0.2) is 9.79 Å². The Balaban J connectivity index is 2.79. The molecule has 2 rings (SSSR count). The number of aliphatic imine (C=N–C) groups is 1. The van der Waals surface area contributed by atoms with E-state index in [1.54, 1.807) is 24.3 Å². The van der Waals surface area contributed by atoms with Crippen LogP contribution in [-0.4, -0.2) is 29.9 Å². The molecule has 1 aliphatic heterocycles. The minimum absolute atomic E-state index is 0.0962. The Morgan fingerprint density at radius 3 is 2.57 bits per heavy atom. The number of hydrogen-bond acceptors (Lipinski definition) is 5. The topological polar surface area (TPSA) is 99.8 Å². The summed E-state index contributed by atoms with van der Waals surface area (Å²) in [6, 6.07) is 8.43. The Morgan fingerprint density at radius 2 is 2.04 bits per heavy atom. The van der Waals surface area contributed by atoms with E-state index in [2.05, 4.69) is 4.99 Å². The lowest BCUT2D eigenvalue weighted by molar-refractivity contribution is -0.140. The van der Waals surface area contributed by atoms with Crippen LogP contribution in [0, 0.1) is 17.2 Å². The second kappa shape index (κ2) is 6.63. The van der Waals surface area contributed by atoms with Crippen LogP contribution in [0.5, 0.6) is 0 Å². The maximum Gasteiger partial charge on any atom is 0.337 e. The zero-order valence-corrected chi connectivity index (χ0v) is 13.2. The Bertz CT molecular complexity index is 777. The maximum absolute atomic E-state index is 12.2. The third-order valence-corrected chi connectivity index (χ3v) is 4.00. The van der Waals surface area contributed by atoms with E-state index in [9.17, 15) is 20.0 Å². The second-order valence-corrected chi connectivity index (χ2v) is 5.34. The highest BCUT2D eigenvalue weighted by atomic mass is 35.5. The summed E-state index contributed by atoms with van der Waals surface area (Å²) in [6.45, 7) is 1.51. The van der Waals surface area contributed by atoms with E-state index in [4.69, 9.17) is 16.3 Å². The first kappa shape index (κ1) is 16.7. The van der Waals surface area contributed by atoms with Crippen molar-refractivity contribution in [3.05, 3.63) is 46.1 Å². The molecule has 118 valence electrons.